The molecular weight excluding hydrogens is 615 g/mol. The van der Waals surface area contributed by atoms with E-state index in [2.05, 4.69) is 19.4 Å². The van der Waals surface area contributed by atoms with Gasteiger partial charge in [0.15, 0.2) is 0 Å². The van der Waals surface area contributed by atoms with Crippen molar-refractivity contribution < 1.29 is 51.4 Å². The van der Waals surface area contributed by atoms with Crippen LogP contribution in [0.3, 0.4) is 0 Å². The van der Waals surface area contributed by atoms with Gasteiger partial charge in [-0.1, -0.05) is 64.2 Å². The van der Waals surface area contributed by atoms with Crippen LogP contribution >= 0.6 is 8.58 Å². The van der Waals surface area contributed by atoms with Gasteiger partial charge in [0.1, 0.15) is 0 Å². The maximum atomic E-state index is 7.50. The van der Waals surface area contributed by atoms with Crippen molar-refractivity contribution in [2.45, 2.75) is 75.5 Å². The van der Waals surface area contributed by atoms with Crippen molar-refractivity contribution in [1.82, 2.24) is 0 Å². The van der Waals surface area contributed by atoms with Crippen molar-refractivity contribution in [3.8, 4) is 0 Å². The molecule has 3 aromatic rings. The third kappa shape index (κ3) is 26.1. The first-order valence-corrected chi connectivity index (χ1v) is 12.8. The van der Waals surface area contributed by atoms with E-state index in [0.717, 1.165) is 11.3 Å². The molecule has 2 saturated carbocycles. The Kier molecular flexibility index (Phi) is 36.7. The van der Waals surface area contributed by atoms with Crippen molar-refractivity contribution in [2.75, 3.05) is 0 Å². The Morgan fingerprint density at radius 2 is 0.886 bits per heavy atom. The molecule has 0 aromatic heterocycles. The fourth-order valence-corrected chi connectivity index (χ4v) is 5.66. The molecule has 0 spiro atoms. The molecule has 2 nitrogen and oxygen atoms in total. The number of benzene rings is 1. The SMILES string of the molecule is C1CCC([P-]C2CCCCC2)CC1.[C-]#[O+].[C-]#[O+].[Mo+2].[Mo+2].[c-]1ccccc1.c1cc[cH-]c1.c1cc[cH-]c1. The topological polar surface area (TPSA) is 39.8 Å². The van der Waals surface area contributed by atoms with Crippen molar-refractivity contribution in [3.05, 3.63) is 110 Å². The Labute approximate surface area is 244 Å². The number of hydrogen-bond donors (Lipinski definition) is 0. The van der Waals surface area contributed by atoms with E-state index in [9.17, 15) is 0 Å². The summed E-state index contributed by atoms with van der Waals surface area (Å²) in [5.74, 6) is 0. The molecule has 0 bridgehead atoms. The summed E-state index contributed by atoms with van der Waals surface area (Å²) in [6.45, 7) is 9.00. The number of hydrogen-bond acceptors (Lipinski definition) is 0. The average Bonchev–Trinajstić information content (AvgIpc) is 3.69. The van der Waals surface area contributed by atoms with Crippen LogP contribution in [-0.2, 0) is 51.4 Å². The molecule has 0 N–H and O–H groups in total. The summed E-state index contributed by atoms with van der Waals surface area (Å²) in [5.41, 5.74) is 2.19. The molecule has 0 saturated heterocycles. The van der Waals surface area contributed by atoms with E-state index in [0.29, 0.717) is 0 Å². The van der Waals surface area contributed by atoms with E-state index in [-0.39, 0.29) is 42.1 Å². The molecule has 2 aliphatic carbocycles. The van der Waals surface area contributed by atoms with Gasteiger partial charge < -0.3 is 8.58 Å². The van der Waals surface area contributed by atoms with E-state index in [1.807, 2.05) is 99.6 Å². The Morgan fingerprint density at radius 1 is 0.543 bits per heavy atom. The summed E-state index contributed by atoms with van der Waals surface area (Å²) in [5, 5.41) is 0. The van der Waals surface area contributed by atoms with E-state index in [1.54, 1.807) is 0 Å². The van der Waals surface area contributed by atoms with E-state index < -0.39 is 0 Å². The molecule has 5 rings (SSSR count). The van der Waals surface area contributed by atoms with Crippen LogP contribution in [0.4, 0.5) is 0 Å². The third-order valence-corrected chi connectivity index (χ3v) is 7.17. The first-order chi connectivity index (χ1) is 16.4. The first-order valence-electron chi connectivity index (χ1n) is 11.8. The zero-order valence-corrected chi connectivity index (χ0v) is 25.4. The molecule has 0 unspecified atom stereocenters. The molecule has 2 aliphatic rings. The Balaban J connectivity index is -0.000000396. The summed E-state index contributed by atoms with van der Waals surface area (Å²) in [4.78, 5) is 0. The molecule has 0 radical (unpaired) electrons. The normalized spacial score (nSPS) is 14.1. The maximum absolute atomic E-state index is 7.50. The molecule has 0 atom stereocenters. The quantitative estimate of drug-likeness (QED) is 0.115. The predicted molar refractivity (Wildman–Crippen MR) is 138 cm³/mol. The molecular formula is C30H37Mo2O2P. The summed E-state index contributed by atoms with van der Waals surface area (Å²) < 4.78 is 15.0. The molecule has 0 amide bonds. The van der Waals surface area contributed by atoms with Gasteiger partial charge in [0.25, 0.3) is 0 Å². The number of rotatable bonds is 2. The zero-order chi connectivity index (χ0) is 24.2. The Hall–Kier alpha value is -0.793. The molecule has 5 heteroatoms. The maximum Gasteiger partial charge on any atom is 2.00 e. The standard InChI is InChI=1S/C12H22P.C6H5.2C5H5.2CO.2Mo/c1-3-7-11(8-4-1)13-12-9-5-2-6-10-12;1-2-4-6-5-3-1;2*1-2-4-5-3-1;2*1-2;;/h11-12H,1-10H2;1-5H;2*1-5H;;;;/q4*-1;;;2*+2. The van der Waals surface area contributed by atoms with Crippen LogP contribution in [0.15, 0.2) is 91.0 Å². The van der Waals surface area contributed by atoms with Crippen LogP contribution in [0.1, 0.15) is 64.2 Å². The van der Waals surface area contributed by atoms with Gasteiger partial charge >= 0.3 is 64.7 Å². The minimum absolute atomic E-state index is 0. The second-order valence-corrected chi connectivity index (χ2v) is 9.49. The van der Waals surface area contributed by atoms with Gasteiger partial charge in [0, 0.05) is 0 Å². The van der Waals surface area contributed by atoms with Crippen molar-refractivity contribution in [1.29, 1.82) is 0 Å². The Bertz CT molecular complexity index is 606. The summed E-state index contributed by atoms with van der Waals surface area (Å²) in [6, 6.07) is 32.5. The van der Waals surface area contributed by atoms with Crippen LogP contribution in [0.5, 0.6) is 0 Å². The third-order valence-electron chi connectivity index (χ3n) is 5.29. The van der Waals surface area contributed by atoms with Gasteiger partial charge in [0.2, 0.25) is 0 Å². The van der Waals surface area contributed by atoms with Gasteiger partial charge in [-0.15, -0.1) is 0 Å². The molecule has 2 fully saturated rings. The van der Waals surface area contributed by atoms with Crippen LogP contribution < -0.4 is 0 Å². The average molecular weight is 652 g/mol. The van der Waals surface area contributed by atoms with Gasteiger partial charge in [-0.2, -0.15) is 84.1 Å². The van der Waals surface area contributed by atoms with E-state index >= 15 is 0 Å². The van der Waals surface area contributed by atoms with Gasteiger partial charge in [-0.3, -0.25) is 0 Å². The predicted octanol–water partition coefficient (Wildman–Crippen LogP) is 8.82. The second kappa shape index (κ2) is 33.2. The van der Waals surface area contributed by atoms with Crippen molar-refractivity contribution in [3.63, 3.8) is 0 Å². The summed E-state index contributed by atoms with van der Waals surface area (Å²) >= 11 is 0. The second-order valence-electron chi connectivity index (χ2n) is 7.73. The molecule has 35 heavy (non-hydrogen) atoms. The van der Waals surface area contributed by atoms with Crippen LogP contribution in [0.25, 0.3) is 0 Å². The molecule has 186 valence electrons. The summed E-state index contributed by atoms with van der Waals surface area (Å²) in [6.07, 6.45) is 15.3. The van der Waals surface area contributed by atoms with E-state index in [1.165, 1.54) is 64.2 Å². The Morgan fingerprint density at radius 3 is 1.09 bits per heavy atom. The van der Waals surface area contributed by atoms with E-state index in [4.69, 9.17) is 9.30 Å². The van der Waals surface area contributed by atoms with Crippen LogP contribution in [0, 0.1) is 19.4 Å². The van der Waals surface area contributed by atoms with Gasteiger partial charge in [-0.25, -0.2) is 24.3 Å². The monoisotopic (exact) mass is 656 g/mol. The minimum Gasteiger partial charge on any atom is -0.214 e. The first kappa shape index (κ1) is 38.7. The minimum atomic E-state index is 0. The fourth-order valence-electron chi connectivity index (χ4n) is 3.74. The van der Waals surface area contributed by atoms with Crippen molar-refractivity contribution >= 4 is 8.58 Å². The van der Waals surface area contributed by atoms with Crippen molar-refractivity contribution in [2.24, 2.45) is 0 Å². The zero-order valence-electron chi connectivity index (χ0n) is 20.5. The molecule has 0 heterocycles. The van der Waals surface area contributed by atoms with Gasteiger partial charge in [-0.05, 0) is 0 Å². The smallest absolute Gasteiger partial charge is 0.214 e. The largest absolute Gasteiger partial charge is 2.00 e. The fraction of sp³-hybridized carbons (Fsp3) is 0.400. The summed E-state index contributed by atoms with van der Waals surface area (Å²) in [7, 11) is 1.84. The van der Waals surface area contributed by atoms with Crippen LogP contribution in [0.2, 0.25) is 0 Å². The van der Waals surface area contributed by atoms with Gasteiger partial charge in [0.05, 0.1) is 0 Å². The molecule has 0 aliphatic heterocycles. The van der Waals surface area contributed by atoms with Crippen LogP contribution in [-0.4, -0.2) is 11.3 Å². The molecule has 3 aromatic carbocycles.